The van der Waals surface area contributed by atoms with Crippen molar-refractivity contribution >= 4 is 5.97 Å². The minimum absolute atomic E-state index is 0.496. The van der Waals surface area contributed by atoms with Gasteiger partial charge in [0.2, 0.25) is 0 Å². The van der Waals surface area contributed by atoms with Gasteiger partial charge >= 0.3 is 5.97 Å². The summed E-state index contributed by atoms with van der Waals surface area (Å²) in [7, 11) is 0. The van der Waals surface area contributed by atoms with Gasteiger partial charge in [0.1, 0.15) is 5.60 Å². The number of nitrogens with zero attached hydrogens (tertiary/aromatic N) is 1. The molecule has 0 fully saturated rings. The predicted molar refractivity (Wildman–Crippen MR) is 57.0 cm³/mol. The van der Waals surface area contributed by atoms with E-state index in [9.17, 15) is 4.79 Å². The maximum Gasteiger partial charge on any atom is 0.385 e. The fourth-order valence-corrected chi connectivity index (χ4v) is 0.862. The first-order valence-corrected chi connectivity index (χ1v) is 4.62. The zero-order valence-corrected chi connectivity index (χ0v) is 9.07. The van der Waals surface area contributed by atoms with E-state index in [-0.39, 0.29) is 0 Å². The molecular formula is C12H13NO2. The molecule has 1 rings (SSSR count). The van der Waals surface area contributed by atoms with Crippen molar-refractivity contribution in [3.63, 3.8) is 0 Å². The van der Waals surface area contributed by atoms with Crippen molar-refractivity contribution in [2.75, 3.05) is 0 Å². The van der Waals surface area contributed by atoms with Gasteiger partial charge in [-0.2, -0.15) is 0 Å². The van der Waals surface area contributed by atoms with E-state index in [0.29, 0.717) is 0 Å². The quantitative estimate of drug-likeness (QED) is 0.476. The molecule has 0 aromatic carbocycles. The van der Waals surface area contributed by atoms with Crippen molar-refractivity contribution in [3.8, 4) is 11.8 Å². The minimum Gasteiger partial charge on any atom is -0.450 e. The number of aromatic nitrogens is 1. The third kappa shape index (κ3) is 4.82. The number of ether oxygens (including phenoxy) is 1. The fraction of sp³-hybridized carbons (Fsp3) is 0.333. The molecule has 0 aliphatic rings. The van der Waals surface area contributed by atoms with Gasteiger partial charge in [0, 0.05) is 23.9 Å². The van der Waals surface area contributed by atoms with E-state index in [1.807, 2.05) is 0 Å². The Hall–Kier alpha value is -1.82. The summed E-state index contributed by atoms with van der Waals surface area (Å²) in [6.45, 7) is 5.41. The Balaban J connectivity index is 2.64. The lowest BCUT2D eigenvalue weighted by Crippen LogP contribution is -2.22. The number of carbonyl (C=O) groups excluding carboxylic acids is 1. The van der Waals surface area contributed by atoms with Crippen LogP contribution in [-0.4, -0.2) is 16.6 Å². The highest BCUT2D eigenvalue weighted by Gasteiger charge is 2.13. The minimum atomic E-state index is -0.515. The van der Waals surface area contributed by atoms with Gasteiger partial charge < -0.3 is 4.74 Å². The largest absolute Gasteiger partial charge is 0.450 e. The molecule has 0 aliphatic heterocycles. The van der Waals surface area contributed by atoms with Crippen LogP contribution in [0, 0.1) is 11.8 Å². The topological polar surface area (TPSA) is 39.2 Å². The van der Waals surface area contributed by atoms with Crippen LogP contribution in [0.1, 0.15) is 26.3 Å². The fourth-order valence-electron chi connectivity index (χ4n) is 0.862. The van der Waals surface area contributed by atoms with E-state index in [4.69, 9.17) is 4.74 Å². The molecule has 78 valence electrons. The Morgan fingerprint density at radius 3 is 2.47 bits per heavy atom. The van der Waals surface area contributed by atoms with Gasteiger partial charge in [0.25, 0.3) is 0 Å². The average Bonchev–Trinajstić information content (AvgIpc) is 2.14. The molecule has 0 saturated carbocycles. The van der Waals surface area contributed by atoms with E-state index < -0.39 is 11.6 Å². The summed E-state index contributed by atoms with van der Waals surface area (Å²) >= 11 is 0. The van der Waals surface area contributed by atoms with Gasteiger partial charge in [-0.25, -0.2) is 4.79 Å². The molecule has 0 unspecified atom stereocenters. The third-order valence-corrected chi connectivity index (χ3v) is 1.39. The lowest BCUT2D eigenvalue weighted by atomic mass is 10.2. The summed E-state index contributed by atoms with van der Waals surface area (Å²) in [6.07, 6.45) is 3.25. The molecule has 15 heavy (non-hydrogen) atoms. The van der Waals surface area contributed by atoms with E-state index in [1.54, 1.807) is 45.3 Å². The maximum atomic E-state index is 11.2. The van der Waals surface area contributed by atoms with Crippen LogP contribution in [0.4, 0.5) is 0 Å². The van der Waals surface area contributed by atoms with Gasteiger partial charge in [-0.15, -0.1) is 0 Å². The van der Waals surface area contributed by atoms with Gasteiger partial charge in [-0.1, -0.05) is 5.92 Å². The van der Waals surface area contributed by atoms with Crippen molar-refractivity contribution in [1.29, 1.82) is 0 Å². The second kappa shape index (κ2) is 4.61. The predicted octanol–water partition coefficient (Wildman–Crippen LogP) is 1.77. The Morgan fingerprint density at radius 2 is 1.93 bits per heavy atom. The smallest absolute Gasteiger partial charge is 0.385 e. The standard InChI is InChI=1S/C12H13NO2/c1-12(2,3)15-11(14)5-4-10-6-8-13-9-7-10/h6-9H,1-3H3. The molecule has 0 saturated heterocycles. The highest BCUT2D eigenvalue weighted by atomic mass is 16.6. The lowest BCUT2D eigenvalue weighted by molar-refractivity contribution is -0.147. The molecule has 0 N–H and O–H groups in total. The molecule has 3 nitrogen and oxygen atoms in total. The van der Waals surface area contributed by atoms with Crippen molar-refractivity contribution in [3.05, 3.63) is 30.1 Å². The number of hydrogen-bond donors (Lipinski definition) is 0. The van der Waals surface area contributed by atoms with E-state index >= 15 is 0 Å². The summed E-state index contributed by atoms with van der Waals surface area (Å²) in [6, 6.07) is 3.47. The third-order valence-electron chi connectivity index (χ3n) is 1.39. The summed E-state index contributed by atoms with van der Waals surface area (Å²) < 4.78 is 5.03. The number of carbonyl (C=O) groups is 1. The molecule has 3 heteroatoms. The summed E-state index contributed by atoms with van der Waals surface area (Å²) in [4.78, 5) is 15.1. The zero-order chi connectivity index (χ0) is 11.3. The van der Waals surface area contributed by atoms with Crippen molar-refractivity contribution in [2.45, 2.75) is 26.4 Å². The molecule has 0 bridgehead atoms. The monoisotopic (exact) mass is 203 g/mol. The normalized spacial score (nSPS) is 10.1. The Labute approximate surface area is 89.5 Å². The van der Waals surface area contributed by atoms with Crippen LogP contribution in [0.5, 0.6) is 0 Å². The number of hydrogen-bond acceptors (Lipinski definition) is 3. The van der Waals surface area contributed by atoms with Gasteiger partial charge in [0.15, 0.2) is 0 Å². The first-order valence-electron chi connectivity index (χ1n) is 4.62. The van der Waals surface area contributed by atoms with Gasteiger partial charge in [0.05, 0.1) is 0 Å². The van der Waals surface area contributed by atoms with Gasteiger partial charge in [-0.05, 0) is 32.9 Å². The van der Waals surface area contributed by atoms with Crippen LogP contribution in [-0.2, 0) is 9.53 Å². The highest BCUT2D eigenvalue weighted by Crippen LogP contribution is 2.06. The molecule has 1 heterocycles. The summed E-state index contributed by atoms with van der Waals surface area (Å²) in [5.74, 6) is 4.60. The van der Waals surface area contributed by atoms with Crippen LogP contribution in [0.25, 0.3) is 0 Å². The van der Waals surface area contributed by atoms with Gasteiger partial charge in [-0.3, -0.25) is 4.98 Å². The maximum absolute atomic E-state index is 11.2. The Bertz CT molecular complexity index is 393. The lowest BCUT2D eigenvalue weighted by Gasteiger charge is -2.16. The highest BCUT2D eigenvalue weighted by molar-refractivity contribution is 5.89. The van der Waals surface area contributed by atoms with E-state index in [0.717, 1.165) is 5.56 Å². The zero-order valence-electron chi connectivity index (χ0n) is 9.07. The van der Waals surface area contributed by atoms with Crippen LogP contribution in [0.3, 0.4) is 0 Å². The molecular weight excluding hydrogens is 190 g/mol. The number of rotatable bonds is 0. The van der Waals surface area contributed by atoms with E-state index in [1.165, 1.54) is 0 Å². The average molecular weight is 203 g/mol. The summed E-state index contributed by atoms with van der Waals surface area (Å²) in [5.41, 5.74) is 0.250. The van der Waals surface area contributed by atoms with Crippen LogP contribution in [0.15, 0.2) is 24.5 Å². The number of pyridine rings is 1. The molecule has 0 amide bonds. The van der Waals surface area contributed by atoms with Crippen molar-refractivity contribution in [1.82, 2.24) is 4.98 Å². The summed E-state index contributed by atoms with van der Waals surface area (Å²) in [5, 5.41) is 0. The molecule has 0 radical (unpaired) electrons. The van der Waals surface area contributed by atoms with Crippen LogP contribution in [0.2, 0.25) is 0 Å². The van der Waals surface area contributed by atoms with Crippen LogP contribution >= 0.6 is 0 Å². The second-order valence-corrected chi connectivity index (χ2v) is 3.99. The number of esters is 1. The Kier molecular flexibility index (Phi) is 3.46. The second-order valence-electron chi connectivity index (χ2n) is 3.99. The van der Waals surface area contributed by atoms with E-state index in [2.05, 4.69) is 16.8 Å². The molecule has 1 aromatic heterocycles. The molecule has 1 aromatic rings. The van der Waals surface area contributed by atoms with Crippen molar-refractivity contribution < 1.29 is 9.53 Å². The first kappa shape index (κ1) is 11.3. The molecule has 0 spiro atoms. The van der Waals surface area contributed by atoms with Crippen LogP contribution < -0.4 is 0 Å². The Morgan fingerprint density at radius 1 is 1.33 bits per heavy atom. The molecule has 0 atom stereocenters. The first-order chi connectivity index (χ1) is 6.97. The van der Waals surface area contributed by atoms with Crippen molar-refractivity contribution in [2.24, 2.45) is 0 Å². The SMILES string of the molecule is CC(C)(C)OC(=O)C#Cc1ccncc1. The molecule has 0 aliphatic carbocycles.